The van der Waals surface area contributed by atoms with Crippen LogP contribution in [0, 0.1) is 5.41 Å². The zero-order chi connectivity index (χ0) is 33.5. The number of nitrogens with one attached hydrogen (secondary N) is 3. The standard InChI is InChI=1S/C35H43BrN4O6/c1-34(2,3)30(39-33(44)46-4)31(42)40(22-24-14-16-26(36)17-15-24)37-19-18-35(45,21-23-10-6-5-7-11-23)32(43)38-29-27-13-9-8-12-25(27)20-28(29)41/h5-17,28-30,37,41,45H,18-22H2,1-4H3,(H,38,43)(H,39,44)/t28-,29+,30-,35+/m1/s1. The molecule has 3 amide bonds. The molecular weight excluding hydrogens is 652 g/mol. The van der Waals surface area contributed by atoms with E-state index in [1.807, 2.05) is 99.6 Å². The average molecular weight is 696 g/mol. The van der Waals surface area contributed by atoms with Crippen molar-refractivity contribution in [3.63, 3.8) is 0 Å². The molecule has 11 heteroatoms. The lowest BCUT2D eigenvalue weighted by Gasteiger charge is -2.35. The molecule has 3 aromatic carbocycles. The molecule has 3 aromatic rings. The Morgan fingerprint density at radius 1 is 0.978 bits per heavy atom. The number of hydrazine groups is 1. The van der Waals surface area contributed by atoms with E-state index in [9.17, 15) is 24.6 Å². The summed E-state index contributed by atoms with van der Waals surface area (Å²) in [5.41, 5.74) is 3.92. The van der Waals surface area contributed by atoms with E-state index in [-0.39, 0.29) is 25.9 Å². The van der Waals surface area contributed by atoms with Crippen molar-refractivity contribution in [1.29, 1.82) is 0 Å². The van der Waals surface area contributed by atoms with Crippen molar-refractivity contribution in [1.82, 2.24) is 21.1 Å². The van der Waals surface area contributed by atoms with Crippen molar-refractivity contribution in [2.45, 2.75) is 70.4 Å². The first-order valence-electron chi connectivity index (χ1n) is 15.3. The first-order valence-corrected chi connectivity index (χ1v) is 16.1. The van der Waals surface area contributed by atoms with Gasteiger partial charge in [0.05, 0.1) is 25.8 Å². The quantitative estimate of drug-likeness (QED) is 0.179. The zero-order valence-corrected chi connectivity index (χ0v) is 28.2. The van der Waals surface area contributed by atoms with Gasteiger partial charge in [-0.05, 0) is 46.2 Å². The maximum Gasteiger partial charge on any atom is 0.407 e. The molecule has 4 rings (SSSR count). The van der Waals surface area contributed by atoms with Crippen LogP contribution < -0.4 is 16.1 Å². The van der Waals surface area contributed by atoms with Gasteiger partial charge in [0.25, 0.3) is 11.8 Å². The van der Waals surface area contributed by atoms with Gasteiger partial charge in [-0.15, -0.1) is 0 Å². The Balaban J connectivity index is 1.57. The second kappa shape index (κ2) is 15.2. The van der Waals surface area contributed by atoms with Gasteiger partial charge in [-0.2, -0.15) is 0 Å². The number of ether oxygens (including phenoxy) is 1. The van der Waals surface area contributed by atoms with Crippen molar-refractivity contribution in [3.8, 4) is 0 Å². The Labute approximate surface area is 278 Å². The van der Waals surface area contributed by atoms with E-state index < -0.39 is 47.1 Å². The number of hydrogen-bond donors (Lipinski definition) is 5. The second-order valence-electron chi connectivity index (χ2n) is 12.8. The number of rotatable bonds is 12. The molecule has 10 nitrogen and oxygen atoms in total. The summed E-state index contributed by atoms with van der Waals surface area (Å²) in [6, 6.07) is 22.6. The van der Waals surface area contributed by atoms with Gasteiger partial charge in [0.1, 0.15) is 11.6 Å². The number of hydrogen-bond acceptors (Lipinski definition) is 7. The van der Waals surface area contributed by atoms with Crippen LogP contribution in [0.5, 0.6) is 0 Å². The number of fused-ring (bicyclic) bond motifs is 1. The first-order chi connectivity index (χ1) is 21.8. The fourth-order valence-corrected chi connectivity index (χ4v) is 5.87. The Bertz CT molecular complexity index is 1500. The van der Waals surface area contributed by atoms with Crippen LogP contribution in [-0.2, 0) is 33.7 Å². The van der Waals surface area contributed by atoms with Crippen LogP contribution in [0.2, 0.25) is 0 Å². The Morgan fingerprint density at radius 2 is 1.63 bits per heavy atom. The molecule has 0 radical (unpaired) electrons. The number of amides is 3. The molecule has 0 heterocycles. The molecule has 246 valence electrons. The van der Waals surface area contributed by atoms with Crippen LogP contribution >= 0.6 is 15.9 Å². The highest BCUT2D eigenvalue weighted by molar-refractivity contribution is 9.10. The topological polar surface area (TPSA) is 140 Å². The molecule has 0 aromatic heterocycles. The third-order valence-electron chi connectivity index (χ3n) is 8.17. The molecule has 46 heavy (non-hydrogen) atoms. The Hall–Kier alpha value is -3.77. The molecule has 4 atom stereocenters. The third kappa shape index (κ3) is 8.94. The fraction of sp³-hybridized carbons (Fsp3) is 0.400. The molecule has 1 aliphatic rings. The number of carbonyl (C=O) groups is 3. The third-order valence-corrected chi connectivity index (χ3v) is 8.70. The first kappa shape index (κ1) is 35.1. The fourth-order valence-electron chi connectivity index (χ4n) is 5.60. The largest absolute Gasteiger partial charge is 0.453 e. The summed E-state index contributed by atoms with van der Waals surface area (Å²) < 4.78 is 5.67. The smallest absolute Gasteiger partial charge is 0.407 e. The van der Waals surface area contributed by atoms with Crippen molar-refractivity contribution in [2.75, 3.05) is 13.7 Å². The van der Waals surface area contributed by atoms with E-state index in [4.69, 9.17) is 4.74 Å². The molecule has 0 bridgehead atoms. The van der Waals surface area contributed by atoms with Crippen molar-refractivity contribution in [3.05, 3.63) is 106 Å². The highest BCUT2D eigenvalue weighted by Gasteiger charge is 2.41. The van der Waals surface area contributed by atoms with E-state index >= 15 is 0 Å². The minimum absolute atomic E-state index is 0.0149. The summed E-state index contributed by atoms with van der Waals surface area (Å²) in [5, 5.41) is 29.7. The molecule has 0 saturated heterocycles. The average Bonchev–Trinajstić information content (AvgIpc) is 3.34. The normalized spacial score (nSPS) is 17.7. The molecular formula is C35H43BrN4O6. The zero-order valence-electron chi connectivity index (χ0n) is 26.6. The highest BCUT2D eigenvalue weighted by atomic mass is 79.9. The van der Waals surface area contributed by atoms with E-state index in [2.05, 4.69) is 32.0 Å². The van der Waals surface area contributed by atoms with Crippen molar-refractivity contribution < 1.29 is 29.3 Å². The molecule has 0 fully saturated rings. The SMILES string of the molecule is COC(=O)N[C@H](C(=O)N(Cc1ccc(Br)cc1)NCC[C@](O)(Cc1ccccc1)C(=O)N[C@H]1c2ccccc2C[C@H]1O)C(C)(C)C. The molecule has 0 aliphatic heterocycles. The Morgan fingerprint density at radius 3 is 2.28 bits per heavy atom. The maximum atomic E-state index is 14.0. The predicted octanol–water partition coefficient (Wildman–Crippen LogP) is 4.19. The molecule has 0 spiro atoms. The lowest BCUT2D eigenvalue weighted by Crippen LogP contribution is -2.58. The minimum atomic E-state index is -1.88. The van der Waals surface area contributed by atoms with Gasteiger partial charge >= 0.3 is 6.09 Å². The number of benzene rings is 3. The minimum Gasteiger partial charge on any atom is -0.453 e. The summed E-state index contributed by atoms with van der Waals surface area (Å²) in [7, 11) is 1.24. The van der Waals surface area contributed by atoms with Gasteiger partial charge in [0, 0.05) is 23.9 Å². The van der Waals surface area contributed by atoms with Crippen molar-refractivity contribution in [2.24, 2.45) is 5.41 Å². The van der Waals surface area contributed by atoms with Crippen LogP contribution in [0.25, 0.3) is 0 Å². The van der Waals surface area contributed by atoms with E-state index in [0.717, 1.165) is 26.7 Å². The van der Waals surface area contributed by atoms with Gasteiger partial charge in [-0.1, -0.05) is 103 Å². The molecule has 5 N–H and O–H groups in total. The number of carbonyl (C=O) groups excluding carboxylic acids is 3. The number of aliphatic hydroxyl groups excluding tert-OH is 1. The van der Waals surface area contributed by atoms with Crippen LogP contribution in [0.15, 0.2) is 83.3 Å². The van der Waals surface area contributed by atoms with Crippen LogP contribution in [0.3, 0.4) is 0 Å². The number of halogens is 1. The summed E-state index contributed by atoms with van der Waals surface area (Å²) >= 11 is 3.43. The van der Waals surface area contributed by atoms with Crippen molar-refractivity contribution >= 4 is 33.8 Å². The molecule has 1 aliphatic carbocycles. The summed E-state index contributed by atoms with van der Waals surface area (Å²) in [5.74, 6) is -1.04. The molecule has 0 unspecified atom stereocenters. The van der Waals surface area contributed by atoms with Gasteiger partial charge in [0.15, 0.2) is 0 Å². The van der Waals surface area contributed by atoms with Crippen LogP contribution in [0.4, 0.5) is 4.79 Å². The number of nitrogens with zero attached hydrogens (tertiary/aromatic N) is 1. The van der Waals surface area contributed by atoms with Gasteiger partial charge in [0.2, 0.25) is 0 Å². The number of alkyl carbamates (subject to hydrolysis) is 1. The monoisotopic (exact) mass is 694 g/mol. The van der Waals surface area contributed by atoms with E-state index in [1.54, 1.807) is 0 Å². The van der Waals surface area contributed by atoms with Gasteiger partial charge in [-0.3, -0.25) is 14.6 Å². The van der Waals surface area contributed by atoms with Crippen LogP contribution in [0.1, 0.15) is 55.5 Å². The second-order valence-corrected chi connectivity index (χ2v) is 13.7. The lowest BCUT2D eigenvalue weighted by molar-refractivity contribution is -0.143. The summed E-state index contributed by atoms with van der Waals surface area (Å²) in [6.45, 7) is 5.69. The predicted molar refractivity (Wildman–Crippen MR) is 178 cm³/mol. The number of aliphatic hydroxyl groups is 2. The Kier molecular flexibility index (Phi) is 11.6. The maximum absolute atomic E-state index is 14.0. The number of methoxy groups -OCH3 is 1. The van der Waals surface area contributed by atoms with E-state index in [1.165, 1.54) is 12.1 Å². The lowest BCUT2D eigenvalue weighted by atomic mass is 9.86. The molecule has 0 saturated carbocycles. The van der Waals surface area contributed by atoms with Gasteiger partial charge in [-0.25, -0.2) is 10.2 Å². The van der Waals surface area contributed by atoms with Gasteiger partial charge < -0.3 is 25.6 Å². The van der Waals surface area contributed by atoms with E-state index in [0.29, 0.717) is 6.42 Å². The summed E-state index contributed by atoms with van der Waals surface area (Å²) in [6.07, 6.45) is -1.20. The van der Waals surface area contributed by atoms with Crippen LogP contribution in [-0.4, -0.2) is 64.5 Å². The summed E-state index contributed by atoms with van der Waals surface area (Å²) in [4.78, 5) is 40.1. The highest BCUT2D eigenvalue weighted by Crippen LogP contribution is 2.32.